The first-order valence-electron chi connectivity index (χ1n) is 10.7. The van der Waals surface area contributed by atoms with Crippen molar-refractivity contribution in [3.05, 3.63) is 65.4 Å². The van der Waals surface area contributed by atoms with Gasteiger partial charge in [0.25, 0.3) is 5.91 Å². The third-order valence-corrected chi connectivity index (χ3v) is 7.80. The topological polar surface area (TPSA) is 95.9 Å². The predicted octanol–water partition coefficient (Wildman–Crippen LogP) is 3.22. The summed E-state index contributed by atoms with van der Waals surface area (Å²) in [4.78, 5) is 29.1. The van der Waals surface area contributed by atoms with Gasteiger partial charge in [-0.15, -0.1) is 0 Å². The van der Waals surface area contributed by atoms with Gasteiger partial charge in [0, 0.05) is 36.3 Å². The number of nitrogens with one attached hydrogen (secondary N) is 1. The summed E-state index contributed by atoms with van der Waals surface area (Å²) in [5.41, 5.74) is 2.26. The van der Waals surface area contributed by atoms with Crippen LogP contribution in [0.5, 0.6) is 0 Å². The molecule has 8 heteroatoms. The molecular formula is C24H27N3O4S. The van der Waals surface area contributed by atoms with Crippen molar-refractivity contribution >= 4 is 27.5 Å². The van der Waals surface area contributed by atoms with E-state index in [4.69, 9.17) is 0 Å². The zero-order valence-electron chi connectivity index (χ0n) is 18.5. The van der Waals surface area contributed by atoms with Crippen LogP contribution in [0.4, 0.5) is 0 Å². The van der Waals surface area contributed by atoms with E-state index in [1.54, 1.807) is 18.2 Å². The van der Waals surface area contributed by atoms with Crippen LogP contribution in [0.1, 0.15) is 44.0 Å². The fraction of sp³-hybridized carbons (Fsp3) is 0.375. The highest BCUT2D eigenvalue weighted by Crippen LogP contribution is 2.38. The Balaban J connectivity index is 1.54. The van der Waals surface area contributed by atoms with Crippen LogP contribution in [-0.2, 0) is 14.8 Å². The summed E-state index contributed by atoms with van der Waals surface area (Å²) >= 11 is 0. The van der Waals surface area contributed by atoms with Crippen molar-refractivity contribution in [1.29, 1.82) is 0 Å². The maximum absolute atomic E-state index is 12.7. The lowest BCUT2D eigenvalue weighted by Crippen LogP contribution is -2.36. The second-order valence-corrected chi connectivity index (χ2v) is 11.2. The van der Waals surface area contributed by atoms with Gasteiger partial charge in [0.15, 0.2) is 0 Å². The van der Waals surface area contributed by atoms with Gasteiger partial charge in [-0.25, -0.2) is 13.4 Å². The largest absolute Gasteiger partial charge is 0.325 e. The van der Waals surface area contributed by atoms with Crippen LogP contribution in [0.25, 0.3) is 0 Å². The lowest BCUT2D eigenvalue weighted by Gasteiger charge is -2.34. The summed E-state index contributed by atoms with van der Waals surface area (Å²) in [5, 5.41) is 2.85. The standard InChI is InChI=1S/C24H27N3O4S/c1-24(2,3)20-15-22(28)26-21-14-17(8-11-19(20)21)25-23(29)16-6-9-18(10-7-16)32(30,31)27-12-4-5-13-27/h6-11,14-15,19H,4-5,12-13H2,1-3H3,(H,26,28). The van der Waals surface area contributed by atoms with Gasteiger partial charge < -0.3 is 5.32 Å². The Morgan fingerprint density at radius 3 is 2.38 bits per heavy atom. The number of carbonyl (C=O) groups is 2. The van der Waals surface area contributed by atoms with Crippen molar-refractivity contribution in [2.45, 2.75) is 38.5 Å². The molecule has 168 valence electrons. The monoisotopic (exact) mass is 453 g/mol. The highest BCUT2D eigenvalue weighted by atomic mass is 32.2. The summed E-state index contributed by atoms with van der Waals surface area (Å²) in [6.07, 6.45) is 8.79. The SMILES string of the molecule is CC(C)(C)C1=CC(=O)NC2=CC(=NC(=O)c3ccc(S(=O)(=O)N4CCCC4)cc3)C=CC21. The minimum Gasteiger partial charge on any atom is -0.325 e. The minimum absolute atomic E-state index is 0.0585. The number of allylic oxidation sites excluding steroid dienone is 3. The summed E-state index contributed by atoms with van der Waals surface area (Å²) in [5.74, 6) is -0.719. The Morgan fingerprint density at radius 2 is 1.75 bits per heavy atom. The van der Waals surface area contributed by atoms with E-state index in [1.807, 2.05) is 6.08 Å². The molecule has 0 radical (unpaired) electrons. The molecule has 1 unspecified atom stereocenters. The van der Waals surface area contributed by atoms with Crippen molar-refractivity contribution in [2.75, 3.05) is 13.1 Å². The summed E-state index contributed by atoms with van der Waals surface area (Å²) in [6, 6.07) is 5.88. The molecular weight excluding hydrogens is 426 g/mol. The van der Waals surface area contributed by atoms with Crippen LogP contribution in [0.15, 0.2) is 69.7 Å². The molecule has 0 saturated carbocycles. The smallest absolute Gasteiger partial charge is 0.277 e. The molecule has 1 atom stereocenters. The van der Waals surface area contributed by atoms with Crippen molar-refractivity contribution in [3.8, 4) is 0 Å². The zero-order valence-corrected chi connectivity index (χ0v) is 19.3. The molecule has 1 saturated heterocycles. The Labute approximate surface area is 188 Å². The molecule has 32 heavy (non-hydrogen) atoms. The maximum atomic E-state index is 12.7. The Morgan fingerprint density at radius 1 is 1.09 bits per heavy atom. The lowest BCUT2D eigenvalue weighted by molar-refractivity contribution is -0.116. The second kappa shape index (κ2) is 8.26. The molecule has 3 aliphatic rings. The van der Waals surface area contributed by atoms with E-state index in [9.17, 15) is 18.0 Å². The molecule has 1 fully saturated rings. The quantitative estimate of drug-likeness (QED) is 0.760. The number of carbonyl (C=O) groups excluding carboxylic acids is 2. The van der Waals surface area contributed by atoms with E-state index in [0.717, 1.165) is 18.4 Å². The van der Waals surface area contributed by atoms with E-state index >= 15 is 0 Å². The molecule has 2 aliphatic heterocycles. The highest BCUT2D eigenvalue weighted by Gasteiger charge is 2.33. The van der Waals surface area contributed by atoms with Gasteiger partial charge in [-0.3, -0.25) is 9.59 Å². The molecule has 7 nitrogen and oxygen atoms in total. The lowest BCUT2D eigenvalue weighted by atomic mass is 9.74. The third kappa shape index (κ3) is 4.38. The van der Waals surface area contributed by atoms with E-state index in [-0.39, 0.29) is 22.1 Å². The van der Waals surface area contributed by atoms with Gasteiger partial charge >= 0.3 is 0 Å². The van der Waals surface area contributed by atoms with Crippen LogP contribution in [0.3, 0.4) is 0 Å². The molecule has 2 heterocycles. The van der Waals surface area contributed by atoms with E-state index < -0.39 is 15.9 Å². The van der Waals surface area contributed by atoms with E-state index in [1.165, 1.54) is 28.6 Å². The molecule has 4 rings (SSSR count). The van der Waals surface area contributed by atoms with Gasteiger partial charge in [-0.1, -0.05) is 26.8 Å². The highest BCUT2D eigenvalue weighted by molar-refractivity contribution is 7.89. The van der Waals surface area contributed by atoms with Gasteiger partial charge in [-0.2, -0.15) is 4.31 Å². The van der Waals surface area contributed by atoms with Crippen molar-refractivity contribution < 1.29 is 18.0 Å². The summed E-state index contributed by atoms with van der Waals surface area (Å²) < 4.78 is 26.8. The number of fused-ring (bicyclic) bond motifs is 1. The first kappa shape index (κ1) is 22.4. The van der Waals surface area contributed by atoms with E-state index in [2.05, 4.69) is 31.1 Å². The zero-order chi connectivity index (χ0) is 23.1. The van der Waals surface area contributed by atoms with Crippen molar-refractivity contribution in [3.63, 3.8) is 0 Å². The number of sulfonamides is 1. The molecule has 0 bridgehead atoms. The average molecular weight is 454 g/mol. The first-order valence-corrected chi connectivity index (χ1v) is 12.2. The van der Waals surface area contributed by atoms with Crippen molar-refractivity contribution in [2.24, 2.45) is 16.3 Å². The van der Waals surface area contributed by atoms with Crippen LogP contribution in [0, 0.1) is 11.3 Å². The number of benzene rings is 1. The fourth-order valence-corrected chi connectivity index (χ4v) is 5.69. The molecule has 1 aromatic rings. The van der Waals surface area contributed by atoms with E-state index in [0.29, 0.717) is 30.1 Å². The number of hydrogen-bond acceptors (Lipinski definition) is 4. The molecule has 2 amide bonds. The fourth-order valence-electron chi connectivity index (χ4n) is 4.17. The molecule has 1 N–H and O–H groups in total. The molecule has 0 aromatic heterocycles. The number of rotatable bonds is 3. The van der Waals surface area contributed by atoms with Gasteiger partial charge in [0.1, 0.15) is 0 Å². The Hall–Kier alpha value is -2.84. The summed E-state index contributed by atoms with van der Waals surface area (Å²) in [6.45, 7) is 7.24. The van der Waals surface area contributed by atoms with Crippen molar-refractivity contribution in [1.82, 2.24) is 9.62 Å². The van der Waals surface area contributed by atoms with Crippen LogP contribution in [-0.4, -0.2) is 43.3 Å². The van der Waals surface area contributed by atoms with Crippen LogP contribution >= 0.6 is 0 Å². The molecule has 1 aromatic carbocycles. The number of hydrogen-bond donors (Lipinski definition) is 1. The second-order valence-electron chi connectivity index (χ2n) is 9.25. The average Bonchev–Trinajstić information content (AvgIpc) is 3.28. The number of amides is 2. The third-order valence-electron chi connectivity index (χ3n) is 5.89. The Bertz CT molecular complexity index is 1180. The maximum Gasteiger partial charge on any atom is 0.277 e. The predicted molar refractivity (Wildman–Crippen MR) is 123 cm³/mol. The molecule has 0 spiro atoms. The van der Waals surface area contributed by atoms with Gasteiger partial charge in [-0.05, 0) is 60.2 Å². The normalized spacial score (nSPS) is 22.9. The minimum atomic E-state index is -3.52. The number of aliphatic imine (C=N–C) groups is 1. The van der Waals surface area contributed by atoms with Crippen LogP contribution < -0.4 is 5.32 Å². The first-order chi connectivity index (χ1) is 15.1. The van der Waals surface area contributed by atoms with Crippen LogP contribution in [0.2, 0.25) is 0 Å². The summed E-state index contributed by atoms with van der Waals surface area (Å²) in [7, 11) is -3.52. The van der Waals surface area contributed by atoms with Gasteiger partial charge in [0.05, 0.1) is 10.6 Å². The number of nitrogens with zero attached hydrogens (tertiary/aromatic N) is 2. The molecule has 1 aliphatic carbocycles. The Kier molecular flexibility index (Phi) is 5.77. The van der Waals surface area contributed by atoms with Gasteiger partial charge in [0.2, 0.25) is 15.9 Å².